The van der Waals surface area contributed by atoms with Gasteiger partial charge in [-0.3, -0.25) is 29.4 Å². The van der Waals surface area contributed by atoms with Crippen molar-refractivity contribution in [1.29, 1.82) is 0 Å². The molecule has 0 unspecified atom stereocenters. The van der Waals surface area contributed by atoms with Crippen molar-refractivity contribution in [2.24, 2.45) is 5.92 Å². The molecule has 1 spiro atoms. The maximum atomic E-state index is 16.6. The van der Waals surface area contributed by atoms with Crippen molar-refractivity contribution >= 4 is 48.9 Å². The normalized spacial score (nSPS) is 20.8. The molecule has 1 N–H and O–H groups in total. The van der Waals surface area contributed by atoms with Crippen LogP contribution in [0.25, 0.3) is 0 Å². The van der Waals surface area contributed by atoms with Crippen molar-refractivity contribution in [2.45, 2.75) is 56.8 Å². The summed E-state index contributed by atoms with van der Waals surface area (Å²) < 4.78 is 29.6. The van der Waals surface area contributed by atoms with E-state index in [9.17, 15) is 24.8 Å². The molecule has 5 aromatic rings. The van der Waals surface area contributed by atoms with Crippen LogP contribution in [-0.2, 0) is 33.0 Å². The number of nitro benzene ring substituents is 1. The number of para-hydroxylation sites is 3. The molecule has 5 aromatic carbocycles. The van der Waals surface area contributed by atoms with Crippen LogP contribution in [0.5, 0.6) is 11.5 Å². The number of non-ortho nitro benzene ring substituents is 1. The summed E-state index contributed by atoms with van der Waals surface area (Å²) in [5.74, 6) is -1.13. The molecule has 0 aromatic heterocycles. The van der Waals surface area contributed by atoms with Crippen LogP contribution in [0.15, 0.2) is 121 Å². The van der Waals surface area contributed by atoms with Gasteiger partial charge in [0.2, 0.25) is 14.3 Å². The highest BCUT2D eigenvalue weighted by Crippen LogP contribution is 2.61. The number of halogens is 1. The summed E-state index contributed by atoms with van der Waals surface area (Å²) in [7, 11) is -3.71. The Hall–Kier alpha value is -6.22. The molecule has 3 aliphatic heterocycles. The van der Waals surface area contributed by atoms with Gasteiger partial charge < -0.3 is 28.5 Å². The Morgan fingerprint density at radius 2 is 1.59 bits per heavy atom. The summed E-state index contributed by atoms with van der Waals surface area (Å²) >= 11 is 0. The molecule has 12 nitrogen and oxygen atoms in total. The van der Waals surface area contributed by atoms with E-state index in [1.54, 1.807) is 66.4 Å². The monoisotopic (exact) mass is 814 g/mol. The Labute approximate surface area is 341 Å². The lowest BCUT2D eigenvalue weighted by molar-refractivity contribution is -0.385. The van der Waals surface area contributed by atoms with Crippen molar-refractivity contribution in [3.63, 3.8) is 0 Å². The molecule has 0 aliphatic carbocycles. The summed E-state index contributed by atoms with van der Waals surface area (Å²) in [5, 5.41) is 22.0. The molecule has 1 fully saturated rings. The number of nitrogens with zero attached hydrogens (tertiary/aromatic N) is 4. The minimum Gasteiger partial charge on any atom is -0.454 e. The topological polar surface area (TPSA) is 143 Å². The van der Waals surface area contributed by atoms with Gasteiger partial charge in [-0.1, -0.05) is 73.7 Å². The van der Waals surface area contributed by atoms with Crippen LogP contribution in [0, 0.1) is 16.0 Å². The van der Waals surface area contributed by atoms with E-state index in [4.69, 9.17) is 9.47 Å². The molecule has 1 saturated heterocycles. The number of anilines is 3. The fourth-order valence-corrected chi connectivity index (χ4v) is 11.6. The summed E-state index contributed by atoms with van der Waals surface area (Å²) in [5.41, 5.74) is 0.545. The zero-order chi connectivity index (χ0) is 41.6. The van der Waals surface area contributed by atoms with Gasteiger partial charge in [-0.15, -0.1) is 0 Å². The molecule has 14 heteroatoms. The van der Waals surface area contributed by atoms with E-state index in [-0.39, 0.29) is 55.7 Å². The Balaban J connectivity index is 1.16. The van der Waals surface area contributed by atoms with E-state index in [0.717, 1.165) is 5.56 Å². The molecule has 0 radical (unpaired) electrons. The number of rotatable bonds is 11. The lowest BCUT2D eigenvalue weighted by atomic mass is 9.82. The maximum absolute atomic E-state index is 16.6. The number of benzene rings is 5. The highest BCUT2D eigenvalue weighted by Gasteiger charge is 2.67. The fraction of sp³-hybridized carbons (Fsp3) is 0.267. The molecule has 0 bridgehead atoms. The van der Waals surface area contributed by atoms with Crippen LogP contribution in [0.3, 0.4) is 0 Å². The van der Waals surface area contributed by atoms with Gasteiger partial charge in [0, 0.05) is 47.9 Å². The number of ether oxygens (including phenoxy) is 2. The third-order valence-electron chi connectivity index (χ3n) is 11.6. The molecule has 3 amide bonds. The lowest BCUT2D eigenvalue weighted by Crippen LogP contribution is -2.45. The first-order chi connectivity index (χ1) is 28.3. The van der Waals surface area contributed by atoms with Crippen LogP contribution in [0.2, 0.25) is 18.6 Å². The van der Waals surface area contributed by atoms with Crippen LogP contribution in [0.4, 0.5) is 26.9 Å². The van der Waals surface area contributed by atoms with Crippen molar-refractivity contribution in [3.05, 3.63) is 154 Å². The summed E-state index contributed by atoms with van der Waals surface area (Å²) in [6.07, 6.45) is -1.30. The van der Waals surface area contributed by atoms with E-state index < -0.39 is 42.4 Å². The fourth-order valence-electron chi connectivity index (χ4n) is 9.07. The van der Waals surface area contributed by atoms with Crippen LogP contribution in [0.1, 0.15) is 40.4 Å². The number of carbonyl (C=O) groups excluding carboxylic acids is 3. The van der Waals surface area contributed by atoms with Crippen LogP contribution < -0.4 is 14.5 Å². The second-order valence-corrected chi connectivity index (χ2v) is 19.5. The molecule has 3 aliphatic rings. The Morgan fingerprint density at radius 3 is 2.32 bits per heavy atom. The average Bonchev–Trinajstić information content (AvgIpc) is 3.59. The van der Waals surface area contributed by atoms with Gasteiger partial charge in [-0.05, 0) is 66.7 Å². The maximum Gasteiger partial charge on any atom is 0.269 e. The number of aliphatic hydroxyl groups excluding tert-OH is 1. The average molecular weight is 815 g/mol. The van der Waals surface area contributed by atoms with Gasteiger partial charge >= 0.3 is 0 Å². The smallest absolute Gasteiger partial charge is 0.269 e. The third kappa shape index (κ3) is 7.06. The third-order valence-corrected chi connectivity index (χ3v) is 14.1. The summed E-state index contributed by atoms with van der Waals surface area (Å²) in [4.78, 5) is 59.5. The molecule has 4 atom stereocenters. The quantitative estimate of drug-likeness (QED) is 0.0607. The number of carbonyl (C=O) groups is 3. The number of nitro groups is 1. The van der Waals surface area contributed by atoms with Gasteiger partial charge in [0.25, 0.3) is 17.5 Å². The second kappa shape index (κ2) is 15.5. The predicted molar refractivity (Wildman–Crippen MR) is 222 cm³/mol. The first-order valence-electron chi connectivity index (χ1n) is 19.5. The van der Waals surface area contributed by atoms with E-state index in [1.165, 1.54) is 41.1 Å². The SMILES string of the molecule is C[C@@H]1[C@@H]([Si](C)(C)F)[C@H](CC(=O)N(CCO)Cc2ccccc2)O[C@@]12C(=O)N(Cc1cccc(N3C(=O)c4ccccc4Oc4ccccc43)c1)c1ccc([N+](=O)[O-])cc12. The lowest BCUT2D eigenvalue weighted by Gasteiger charge is -2.31. The number of hydrogen-bond donors (Lipinski definition) is 1. The Morgan fingerprint density at radius 1 is 0.898 bits per heavy atom. The first-order valence-corrected chi connectivity index (χ1v) is 22.5. The molecule has 3 heterocycles. The van der Waals surface area contributed by atoms with Gasteiger partial charge in [-0.25, -0.2) is 0 Å². The van der Waals surface area contributed by atoms with Crippen molar-refractivity contribution in [1.82, 2.24) is 4.90 Å². The van der Waals surface area contributed by atoms with Crippen LogP contribution >= 0.6 is 0 Å². The molecular weight excluding hydrogens is 772 g/mol. The number of fused-ring (bicyclic) bond motifs is 4. The molecule has 302 valence electrons. The zero-order valence-corrected chi connectivity index (χ0v) is 33.8. The van der Waals surface area contributed by atoms with Crippen LogP contribution in [-0.4, -0.2) is 60.3 Å². The van der Waals surface area contributed by atoms with E-state index in [0.29, 0.717) is 39.7 Å². The van der Waals surface area contributed by atoms with Gasteiger partial charge in [0.1, 0.15) is 5.75 Å². The molecule has 8 rings (SSSR count). The van der Waals surface area contributed by atoms with E-state index >= 15 is 8.90 Å². The first kappa shape index (κ1) is 39.6. The number of amides is 3. The second-order valence-electron chi connectivity index (χ2n) is 15.7. The van der Waals surface area contributed by atoms with E-state index in [2.05, 4.69) is 0 Å². The highest BCUT2D eigenvalue weighted by atomic mass is 28.4. The molecule has 0 saturated carbocycles. The van der Waals surface area contributed by atoms with E-state index in [1.807, 2.05) is 48.5 Å². The standard InChI is InChI=1S/C45H43FN4O8Si/c1-29-42(59(2,3)46)40(26-41(52)47(22-23-51)27-30-12-5-4-6-13-30)58-45(29)35-25-33(50(55)56)20-21-36(35)48(44(45)54)28-31-14-11-15-32(24-31)49-37-17-8-10-19-39(37)57-38-18-9-7-16-34(38)43(49)53/h4-21,24-25,29,40,42,51H,22-23,26-28H2,1-3H3/t29-,40+,42-,45+/m1/s1. The Kier molecular flexibility index (Phi) is 10.4. The zero-order valence-electron chi connectivity index (χ0n) is 32.8. The predicted octanol–water partition coefficient (Wildman–Crippen LogP) is 8.41. The van der Waals surface area contributed by atoms with Crippen molar-refractivity contribution in [3.8, 4) is 11.5 Å². The van der Waals surface area contributed by atoms with Crippen molar-refractivity contribution in [2.75, 3.05) is 23.0 Å². The highest BCUT2D eigenvalue weighted by molar-refractivity contribution is 6.72. The minimum absolute atomic E-state index is 0.0157. The largest absolute Gasteiger partial charge is 0.454 e. The van der Waals surface area contributed by atoms with Gasteiger partial charge in [-0.2, -0.15) is 0 Å². The number of hydrogen-bond acceptors (Lipinski definition) is 8. The van der Waals surface area contributed by atoms with Gasteiger partial charge in [0.05, 0.1) is 47.5 Å². The van der Waals surface area contributed by atoms with Gasteiger partial charge in [0.15, 0.2) is 11.4 Å². The van der Waals surface area contributed by atoms with Crippen molar-refractivity contribution < 1.29 is 38.0 Å². The summed E-state index contributed by atoms with van der Waals surface area (Å²) in [6, 6.07) is 34.8. The summed E-state index contributed by atoms with van der Waals surface area (Å²) in [6.45, 7) is 4.71. The Bertz CT molecular complexity index is 2460. The molecular formula is C45H43FN4O8Si. The minimum atomic E-state index is -3.71. The number of aliphatic hydroxyl groups is 1. The molecule has 59 heavy (non-hydrogen) atoms.